The second kappa shape index (κ2) is 5.81. The lowest BCUT2D eigenvalue weighted by Crippen LogP contribution is -2.02. The zero-order valence-corrected chi connectivity index (χ0v) is 10.4. The first-order valence-electron chi connectivity index (χ1n) is 4.41. The number of ether oxygens (including phenoxy) is 1. The van der Waals surface area contributed by atoms with E-state index in [9.17, 15) is 13.2 Å². The molecule has 0 heterocycles. The minimum absolute atomic E-state index is 0.129. The third kappa shape index (κ3) is 3.55. The van der Waals surface area contributed by atoms with E-state index in [4.69, 9.17) is 11.9 Å². The monoisotopic (exact) mass is 276 g/mol. The average Bonchev–Trinajstić information content (AvgIpc) is 2.36. The number of hydrogen-bond donors (Lipinski definition) is 0. The summed E-state index contributed by atoms with van der Waals surface area (Å²) in [6.45, 7) is 0. The molecule has 0 N–H and O–H groups in total. The van der Waals surface area contributed by atoms with Crippen LogP contribution in [0.4, 0.5) is 0 Å². The molecule has 0 aliphatic rings. The molecule has 1 aromatic carbocycles. The maximum atomic E-state index is 11.4. The van der Waals surface area contributed by atoms with E-state index in [1.807, 2.05) is 0 Å². The van der Waals surface area contributed by atoms with Crippen LogP contribution in [0.25, 0.3) is 6.08 Å². The smallest absolute Gasteiger partial charge is 0.330 e. The summed E-state index contributed by atoms with van der Waals surface area (Å²) in [5.41, 5.74) is 0.276. The molecule has 1 aromatic rings. The molecule has 0 radical (unpaired) electrons. The Hall–Kier alpha value is -1.37. The van der Waals surface area contributed by atoms with Crippen molar-refractivity contribution >= 4 is 34.0 Å². The molecule has 1 rings (SSSR count). The molecule has 0 saturated heterocycles. The van der Waals surface area contributed by atoms with Gasteiger partial charge in [-0.15, -0.1) is 0 Å². The van der Waals surface area contributed by atoms with E-state index in [0.29, 0.717) is 0 Å². The zero-order valence-electron chi connectivity index (χ0n) is 8.79. The van der Waals surface area contributed by atoms with Gasteiger partial charge in [-0.2, -0.15) is 12.2 Å². The van der Waals surface area contributed by atoms with Gasteiger partial charge in [0.1, 0.15) is 4.90 Å². The zero-order chi connectivity index (χ0) is 12.9. The molecule has 0 spiro atoms. The normalized spacial score (nSPS) is 11.6. The average molecular weight is 277 g/mol. The van der Waals surface area contributed by atoms with Gasteiger partial charge < -0.3 is 4.74 Å². The summed E-state index contributed by atoms with van der Waals surface area (Å²) in [5, 5.41) is 0. The first-order chi connectivity index (χ1) is 8.01. The van der Waals surface area contributed by atoms with Crippen LogP contribution in [-0.2, 0) is 23.4 Å². The molecule has 0 atom stereocenters. The third-order valence-corrected chi connectivity index (χ3v) is 3.45. The molecular weight excluding hydrogens is 268 g/mol. The van der Waals surface area contributed by atoms with Gasteiger partial charge in [-0.1, -0.05) is 18.2 Å². The molecule has 0 fully saturated rings. The lowest BCUT2D eigenvalue weighted by Gasteiger charge is -2.03. The highest BCUT2D eigenvalue weighted by Gasteiger charge is 2.17. The van der Waals surface area contributed by atoms with Crippen molar-refractivity contribution in [3.8, 4) is 0 Å². The van der Waals surface area contributed by atoms with Crippen molar-refractivity contribution < 1.29 is 21.7 Å². The summed E-state index contributed by atoms with van der Waals surface area (Å²) in [7, 11) is -2.80. The predicted molar refractivity (Wildman–Crippen MR) is 61.6 cm³/mol. The van der Waals surface area contributed by atoms with E-state index >= 15 is 0 Å². The first kappa shape index (κ1) is 13.7. The molecule has 7 heteroatoms. The maximum absolute atomic E-state index is 11.4. The minimum Gasteiger partial charge on any atom is -0.466 e. The van der Waals surface area contributed by atoms with E-state index < -0.39 is 16.1 Å². The summed E-state index contributed by atoms with van der Waals surface area (Å²) >= 11 is 4.89. The van der Waals surface area contributed by atoms with Crippen LogP contribution in [0, 0.1) is 0 Å². The molecule has 0 amide bonds. The number of hydrogen-bond acceptors (Lipinski definition) is 5. The highest BCUT2D eigenvalue weighted by Crippen LogP contribution is 2.20. The Kier molecular flexibility index (Phi) is 4.68. The lowest BCUT2D eigenvalue weighted by atomic mass is 10.2. The first-order valence-corrected chi connectivity index (χ1v) is 6.13. The second-order valence-corrected chi connectivity index (χ2v) is 4.76. The van der Waals surface area contributed by atoms with Crippen LogP contribution in [0.3, 0.4) is 0 Å². The number of carbonyl (C=O) groups is 1. The summed E-state index contributed by atoms with van der Waals surface area (Å²) in [6, 6.07) is 5.94. The largest absolute Gasteiger partial charge is 0.466 e. The number of carbonyl (C=O) groups excluding carboxylic acids is 1. The van der Waals surface area contributed by atoms with Crippen LogP contribution in [0.15, 0.2) is 35.2 Å². The minimum atomic E-state index is -4.02. The highest BCUT2D eigenvalue weighted by atomic mass is 35.5. The van der Waals surface area contributed by atoms with Gasteiger partial charge in [0.2, 0.25) is 0 Å². The van der Waals surface area contributed by atoms with Gasteiger partial charge in [-0.3, -0.25) is 0 Å². The van der Waals surface area contributed by atoms with Crippen LogP contribution in [0.2, 0.25) is 0 Å². The Labute approximate surface area is 104 Å². The molecule has 0 aliphatic heterocycles. The number of esters is 1. The molecule has 92 valence electrons. The fraction of sp³-hybridized carbons (Fsp3) is 0.100. The number of rotatable bonds is 4. The van der Waals surface area contributed by atoms with Gasteiger partial charge in [0.15, 0.2) is 0 Å². The van der Waals surface area contributed by atoms with Crippen molar-refractivity contribution in [1.82, 2.24) is 0 Å². The van der Waals surface area contributed by atoms with E-state index in [0.717, 1.165) is 6.08 Å². The Balaban J connectivity index is 3.18. The standard InChI is InChI=1S/C10H9ClO5S/c1-15-10(12)7-6-8-4-2-3-5-9(8)17(13,14)16-11/h2-7H,1H3/b7-6+. The lowest BCUT2D eigenvalue weighted by molar-refractivity contribution is -0.134. The maximum Gasteiger partial charge on any atom is 0.330 e. The Morgan fingerprint density at radius 1 is 1.35 bits per heavy atom. The van der Waals surface area contributed by atoms with Gasteiger partial charge in [0, 0.05) is 6.08 Å². The summed E-state index contributed by atoms with van der Waals surface area (Å²) in [6.07, 6.45) is 2.40. The summed E-state index contributed by atoms with van der Waals surface area (Å²) < 4.78 is 31.1. The third-order valence-electron chi connectivity index (χ3n) is 1.87. The van der Waals surface area contributed by atoms with Crippen molar-refractivity contribution in [1.29, 1.82) is 0 Å². The number of halogens is 1. The van der Waals surface area contributed by atoms with Gasteiger partial charge in [0.05, 0.1) is 19.0 Å². The SMILES string of the molecule is COC(=O)/C=C/c1ccccc1S(=O)(=O)OCl. The number of benzene rings is 1. The van der Waals surface area contributed by atoms with Crippen LogP contribution in [0.5, 0.6) is 0 Å². The summed E-state index contributed by atoms with van der Waals surface area (Å²) in [4.78, 5) is 10.8. The molecule has 0 aromatic heterocycles. The summed E-state index contributed by atoms with van der Waals surface area (Å²) in [5.74, 6) is -0.594. The topological polar surface area (TPSA) is 69.7 Å². The van der Waals surface area contributed by atoms with Gasteiger partial charge in [-0.05, 0) is 17.7 Å². The fourth-order valence-electron chi connectivity index (χ4n) is 1.11. The van der Waals surface area contributed by atoms with Crippen molar-refractivity contribution in [3.05, 3.63) is 35.9 Å². The Morgan fingerprint density at radius 3 is 2.59 bits per heavy atom. The second-order valence-electron chi connectivity index (χ2n) is 2.91. The van der Waals surface area contributed by atoms with Crippen molar-refractivity contribution in [3.63, 3.8) is 0 Å². The molecule has 0 saturated carbocycles. The molecule has 17 heavy (non-hydrogen) atoms. The van der Waals surface area contributed by atoms with Crippen LogP contribution in [0.1, 0.15) is 5.56 Å². The molecule has 0 bridgehead atoms. The van der Waals surface area contributed by atoms with Crippen molar-refractivity contribution in [2.75, 3.05) is 7.11 Å². The van der Waals surface area contributed by atoms with Crippen LogP contribution < -0.4 is 0 Å². The molecule has 5 nitrogen and oxygen atoms in total. The fourth-order valence-corrected chi connectivity index (χ4v) is 2.05. The van der Waals surface area contributed by atoms with E-state index in [1.165, 1.54) is 31.4 Å². The van der Waals surface area contributed by atoms with Crippen molar-refractivity contribution in [2.45, 2.75) is 4.90 Å². The molecular formula is C10H9ClO5S. The van der Waals surface area contributed by atoms with E-state index in [-0.39, 0.29) is 10.5 Å². The van der Waals surface area contributed by atoms with E-state index in [1.54, 1.807) is 6.07 Å². The Morgan fingerprint density at radius 2 is 2.00 bits per heavy atom. The number of methoxy groups -OCH3 is 1. The van der Waals surface area contributed by atoms with Crippen LogP contribution in [-0.4, -0.2) is 21.5 Å². The highest BCUT2D eigenvalue weighted by molar-refractivity contribution is 7.87. The van der Waals surface area contributed by atoms with Gasteiger partial charge >= 0.3 is 16.1 Å². The van der Waals surface area contributed by atoms with Gasteiger partial charge in [-0.25, -0.2) is 4.79 Å². The van der Waals surface area contributed by atoms with Crippen LogP contribution >= 0.6 is 11.9 Å². The van der Waals surface area contributed by atoms with Gasteiger partial charge in [0.25, 0.3) is 0 Å². The molecule has 0 unspecified atom stereocenters. The predicted octanol–water partition coefficient (Wildman–Crippen LogP) is 1.73. The Bertz CT molecular complexity index is 535. The quantitative estimate of drug-likeness (QED) is 0.619. The molecule has 0 aliphatic carbocycles. The van der Waals surface area contributed by atoms with E-state index in [2.05, 4.69) is 8.47 Å². The van der Waals surface area contributed by atoms with Crippen molar-refractivity contribution in [2.24, 2.45) is 0 Å².